The predicted octanol–water partition coefficient (Wildman–Crippen LogP) is 4.44. The zero-order valence-electron chi connectivity index (χ0n) is 16.4. The molecule has 1 aromatic carbocycles. The average molecular weight is 385 g/mol. The van der Waals surface area contributed by atoms with E-state index in [2.05, 4.69) is 53.1 Å². The normalized spacial score (nSPS) is 17.6. The molecule has 1 saturated heterocycles. The Hall–Kier alpha value is -1.92. The molecule has 27 heavy (non-hydrogen) atoms. The first-order valence-electron chi connectivity index (χ1n) is 10.0. The SMILES string of the molecule is CCc1ccc(C(c2sc3nc(CC)nn3c2O)N2CCC(C)CC2)cc1. The van der Waals surface area contributed by atoms with E-state index >= 15 is 0 Å². The molecule has 1 aliphatic rings. The van der Waals surface area contributed by atoms with Gasteiger partial charge in [0.15, 0.2) is 5.82 Å². The highest BCUT2D eigenvalue weighted by atomic mass is 32.1. The number of thiazole rings is 1. The van der Waals surface area contributed by atoms with E-state index in [9.17, 15) is 5.11 Å². The van der Waals surface area contributed by atoms with Crippen LogP contribution in [0.15, 0.2) is 24.3 Å². The number of benzene rings is 1. The number of nitrogens with zero attached hydrogens (tertiary/aromatic N) is 4. The first-order valence-corrected chi connectivity index (χ1v) is 10.8. The van der Waals surface area contributed by atoms with Gasteiger partial charge in [0, 0.05) is 6.42 Å². The molecule has 6 heteroatoms. The molecule has 0 saturated carbocycles. The van der Waals surface area contributed by atoms with Crippen molar-refractivity contribution in [1.29, 1.82) is 0 Å². The molecule has 0 amide bonds. The van der Waals surface area contributed by atoms with Gasteiger partial charge in [0.25, 0.3) is 0 Å². The summed E-state index contributed by atoms with van der Waals surface area (Å²) in [6.07, 6.45) is 4.21. The molecule has 3 heterocycles. The van der Waals surface area contributed by atoms with Crippen molar-refractivity contribution in [1.82, 2.24) is 19.5 Å². The second kappa shape index (κ2) is 7.60. The number of hydrogen-bond acceptors (Lipinski definition) is 5. The molecule has 5 nitrogen and oxygen atoms in total. The van der Waals surface area contributed by atoms with E-state index in [0.717, 1.165) is 47.5 Å². The molecule has 0 bridgehead atoms. The first kappa shape index (κ1) is 18.4. The Labute approximate surface area is 164 Å². The molecule has 1 fully saturated rings. The lowest BCUT2D eigenvalue weighted by molar-refractivity contribution is 0.157. The van der Waals surface area contributed by atoms with Crippen molar-refractivity contribution in [2.24, 2.45) is 5.92 Å². The molecule has 0 spiro atoms. The van der Waals surface area contributed by atoms with Crippen molar-refractivity contribution in [3.63, 3.8) is 0 Å². The van der Waals surface area contributed by atoms with Crippen LogP contribution in [0.5, 0.6) is 5.88 Å². The predicted molar refractivity (Wildman–Crippen MR) is 110 cm³/mol. The number of rotatable bonds is 5. The minimum Gasteiger partial charge on any atom is -0.492 e. The average Bonchev–Trinajstić information content (AvgIpc) is 3.23. The fraction of sp³-hybridized carbons (Fsp3) is 0.524. The van der Waals surface area contributed by atoms with Gasteiger partial charge in [-0.2, -0.15) is 4.52 Å². The van der Waals surface area contributed by atoms with E-state index in [1.165, 1.54) is 24.0 Å². The Kier molecular flexibility index (Phi) is 5.19. The van der Waals surface area contributed by atoms with E-state index in [0.29, 0.717) is 0 Å². The van der Waals surface area contributed by atoms with Gasteiger partial charge in [0.05, 0.1) is 10.9 Å². The van der Waals surface area contributed by atoms with Gasteiger partial charge < -0.3 is 5.11 Å². The zero-order valence-corrected chi connectivity index (χ0v) is 17.2. The molecule has 0 radical (unpaired) electrons. The van der Waals surface area contributed by atoms with Gasteiger partial charge in [-0.15, -0.1) is 5.10 Å². The number of piperidine rings is 1. The van der Waals surface area contributed by atoms with Crippen LogP contribution in [0, 0.1) is 5.92 Å². The van der Waals surface area contributed by atoms with Gasteiger partial charge in [0.1, 0.15) is 0 Å². The lowest BCUT2D eigenvalue weighted by Crippen LogP contribution is -2.36. The third-order valence-electron chi connectivity index (χ3n) is 5.70. The molecule has 4 rings (SSSR count). The van der Waals surface area contributed by atoms with E-state index in [1.807, 2.05) is 6.92 Å². The molecule has 1 N–H and O–H groups in total. The van der Waals surface area contributed by atoms with Gasteiger partial charge in [-0.05, 0) is 49.4 Å². The number of fused-ring (bicyclic) bond motifs is 1. The summed E-state index contributed by atoms with van der Waals surface area (Å²) < 4.78 is 1.61. The number of aromatic hydroxyl groups is 1. The van der Waals surface area contributed by atoms with Gasteiger partial charge in [-0.25, -0.2) is 4.98 Å². The van der Waals surface area contributed by atoms with Crippen molar-refractivity contribution in [2.45, 2.75) is 52.5 Å². The van der Waals surface area contributed by atoms with Crippen LogP contribution in [0.4, 0.5) is 0 Å². The van der Waals surface area contributed by atoms with Gasteiger partial charge in [-0.3, -0.25) is 4.90 Å². The number of aromatic nitrogens is 3. The topological polar surface area (TPSA) is 53.7 Å². The van der Waals surface area contributed by atoms with Gasteiger partial charge >= 0.3 is 0 Å². The summed E-state index contributed by atoms with van der Waals surface area (Å²) in [4.78, 5) is 8.80. The molecule has 1 unspecified atom stereocenters. The summed E-state index contributed by atoms with van der Waals surface area (Å²) in [6, 6.07) is 8.90. The molecule has 144 valence electrons. The molecule has 1 atom stereocenters. The summed E-state index contributed by atoms with van der Waals surface area (Å²) >= 11 is 1.57. The fourth-order valence-corrected chi connectivity index (χ4v) is 5.00. The lowest BCUT2D eigenvalue weighted by atomic mass is 9.94. The monoisotopic (exact) mass is 384 g/mol. The Morgan fingerprint density at radius 1 is 1.15 bits per heavy atom. The summed E-state index contributed by atoms with van der Waals surface area (Å²) in [5.74, 6) is 1.79. The van der Waals surface area contributed by atoms with Crippen LogP contribution in [-0.2, 0) is 12.8 Å². The smallest absolute Gasteiger partial charge is 0.230 e. The van der Waals surface area contributed by atoms with Crippen molar-refractivity contribution < 1.29 is 5.11 Å². The second-order valence-corrected chi connectivity index (χ2v) is 8.59. The van der Waals surface area contributed by atoms with Crippen LogP contribution in [0.2, 0.25) is 0 Å². The quantitative estimate of drug-likeness (QED) is 0.706. The Morgan fingerprint density at radius 3 is 2.44 bits per heavy atom. The molecule has 0 aliphatic carbocycles. The highest BCUT2D eigenvalue weighted by Crippen LogP contribution is 2.41. The van der Waals surface area contributed by atoms with Crippen molar-refractivity contribution in [3.8, 4) is 5.88 Å². The van der Waals surface area contributed by atoms with Gasteiger partial charge in [-0.1, -0.05) is 56.4 Å². The van der Waals surface area contributed by atoms with Crippen LogP contribution in [0.25, 0.3) is 4.96 Å². The van der Waals surface area contributed by atoms with E-state index < -0.39 is 0 Å². The Morgan fingerprint density at radius 2 is 1.85 bits per heavy atom. The molecule has 1 aliphatic heterocycles. The fourth-order valence-electron chi connectivity index (χ4n) is 3.87. The van der Waals surface area contributed by atoms with Crippen LogP contribution in [0.3, 0.4) is 0 Å². The highest BCUT2D eigenvalue weighted by molar-refractivity contribution is 7.17. The standard InChI is InChI=1S/C21H28N4OS/c1-4-15-6-8-16(9-7-15)18(24-12-10-14(3)11-13-24)19-20(26)25-21(27-19)22-17(5-2)23-25/h6-9,14,18,26H,4-5,10-13H2,1-3H3. The molecular formula is C21H28N4OS. The minimum absolute atomic E-state index is 0.0574. The third-order valence-corrected chi connectivity index (χ3v) is 6.77. The van der Waals surface area contributed by atoms with Crippen LogP contribution in [0.1, 0.15) is 61.5 Å². The largest absolute Gasteiger partial charge is 0.492 e. The lowest BCUT2D eigenvalue weighted by Gasteiger charge is -2.36. The van der Waals surface area contributed by atoms with Crippen LogP contribution < -0.4 is 0 Å². The maximum absolute atomic E-state index is 11.0. The summed E-state index contributed by atoms with van der Waals surface area (Å²) in [6.45, 7) is 8.64. The van der Waals surface area contributed by atoms with Gasteiger partial charge in [0.2, 0.25) is 10.8 Å². The second-order valence-electron chi connectivity index (χ2n) is 7.58. The van der Waals surface area contributed by atoms with Crippen LogP contribution >= 0.6 is 11.3 Å². The maximum atomic E-state index is 11.0. The third kappa shape index (κ3) is 3.48. The number of likely N-dealkylation sites (tertiary alicyclic amines) is 1. The maximum Gasteiger partial charge on any atom is 0.230 e. The number of hydrogen-bond donors (Lipinski definition) is 1. The Balaban J connectivity index is 1.77. The molecule has 2 aromatic heterocycles. The van der Waals surface area contributed by atoms with E-state index in [4.69, 9.17) is 0 Å². The van der Waals surface area contributed by atoms with Crippen molar-refractivity contribution >= 4 is 16.3 Å². The Bertz CT molecular complexity index is 906. The summed E-state index contributed by atoms with van der Waals surface area (Å²) in [5, 5.41) is 15.4. The minimum atomic E-state index is 0.0574. The van der Waals surface area contributed by atoms with E-state index in [-0.39, 0.29) is 11.9 Å². The highest BCUT2D eigenvalue weighted by Gasteiger charge is 2.31. The van der Waals surface area contributed by atoms with Crippen molar-refractivity contribution in [3.05, 3.63) is 46.1 Å². The summed E-state index contributed by atoms with van der Waals surface area (Å²) in [7, 11) is 0. The zero-order chi connectivity index (χ0) is 19.0. The molecular weight excluding hydrogens is 356 g/mol. The summed E-state index contributed by atoms with van der Waals surface area (Å²) in [5.41, 5.74) is 2.57. The van der Waals surface area contributed by atoms with Crippen LogP contribution in [-0.4, -0.2) is 37.7 Å². The van der Waals surface area contributed by atoms with Crippen molar-refractivity contribution in [2.75, 3.05) is 13.1 Å². The number of aryl methyl sites for hydroxylation is 2. The van der Waals surface area contributed by atoms with E-state index in [1.54, 1.807) is 15.9 Å². The first-order chi connectivity index (χ1) is 13.1. The molecule has 3 aromatic rings.